The molecule has 2 aliphatic rings. The van der Waals surface area contributed by atoms with Crippen molar-refractivity contribution in [3.8, 4) is 0 Å². The summed E-state index contributed by atoms with van der Waals surface area (Å²) in [5, 5.41) is 9.09. The highest BCUT2D eigenvalue weighted by Gasteiger charge is 2.30. The molecular formula is C18H28N2O. The SMILES string of the molecule is CC1CCCN1C1CCN(Cc2ccc(CO)cc2)CC1. The molecule has 2 heterocycles. The topological polar surface area (TPSA) is 26.7 Å². The number of piperidine rings is 1. The van der Waals surface area contributed by atoms with E-state index in [9.17, 15) is 0 Å². The van der Waals surface area contributed by atoms with Gasteiger partial charge in [-0.05, 0) is 63.4 Å². The van der Waals surface area contributed by atoms with E-state index >= 15 is 0 Å². The van der Waals surface area contributed by atoms with E-state index in [-0.39, 0.29) is 6.61 Å². The van der Waals surface area contributed by atoms with E-state index in [4.69, 9.17) is 5.11 Å². The lowest BCUT2D eigenvalue weighted by Crippen LogP contribution is -2.45. The molecule has 0 saturated carbocycles. The van der Waals surface area contributed by atoms with Crippen LogP contribution in [0, 0.1) is 0 Å². The van der Waals surface area contributed by atoms with Crippen molar-refractivity contribution < 1.29 is 5.11 Å². The minimum absolute atomic E-state index is 0.139. The van der Waals surface area contributed by atoms with Gasteiger partial charge in [-0.1, -0.05) is 24.3 Å². The first-order valence-electron chi connectivity index (χ1n) is 8.43. The van der Waals surface area contributed by atoms with E-state index < -0.39 is 0 Å². The first-order valence-corrected chi connectivity index (χ1v) is 8.43. The van der Waals surface area contributed by atoms with Gasteiger partial charge in [0.1, 0.15) is 0 Å². The average Bonchev–Trinajstić information content (AvgIpc) is 2.95. The van der Waals surface area contributed by atoms with Crippen molar-refractivity contribution in [2.24, 2.45) is 0 Å². The van der Waals surface area contributed by atoms with Gasteiger partial charge >= 0.3 is 0 Å². The number of rotatable bonds is 4. The summed E-state index contributed by atoms with van der Waals surface area (Å²) in [5.74, 6) is 0. The van der Waals surface area contributed by atoms with Crippen LogP contribution < -0.4 is 0 Å². The molecule has 1 unspecified atom stereocenters. The van der Waals surface area contributed by atoms with E-state index in [0.29, 0.717) is 0 Å². The maximum atomic E-state index is 9.09. The predicted octanol–water partition coefficient (Wildman–Crippen LogP) is 2.63. The summed E-state index contributed by atoms with van der Waals surface area (Å²) < 4.78 is 0. The number of benzene rings is 1. The Hall–Kier alpha value is -0.900. The van der Waals surface area contributed by atoms with Gasteiger partial charge < -0.3 is 5.11 Å². The smallest absolute Gasteiger partial charge is 0.0681 e. The Morgan fingerprint density at radius 2 is 1.67 bits per heavy atom. The van der Waals surface area contributed by atoms with Crippen molar-refractivity contribution in [1.82, 2.24) is 9.80 Å². The highest BCUT2D eigenvalue weighted by molar-refractivity contribution is 5.21. The molecule has 3 rings (SSSR count). The van der Waals surface area contributed by atoms with Gasteiger partial charge in [-0.2, -0.15) is 0 Å². The Kier molecular flexibility index (Phi) is 4.94. The van der Waals surface area contributed by atoms with Gasteiger partial charge in [0, 0.05) is 18.6 Å². The zero-order valence-corrected chi connectivity index (χ0v) is 13.2. The average molecular weight is 288 g/mol. The molecule has 116 valence electrons. The fraction of sp³-hybridized carbons (Fsp3) is 0.667. The van der Waals surface area contributed by atoms with Crippen molar-refractivity contribution in [3.05, 3.63) is 35.4 Å². The van der Waals surface area contributed by atoms with Crippen molar-refractivity contribution in [1.29, 1.82) is 0 Å². The molecule has 1 atom stereocenters. The second-order valence-corrected chi connectivity index (χ2v) is 6.71. The maximum Gasteiger partial charge on any atom is 0.0681 e. The molecule has 1 N–H and O–H groups in total. The van der Waals surface area contributed by atoms with Crippen LogP contribution in [-0.2, 0) is 13.2 Å². The highest BCUT2D eigenvalue weighted by Crippen LogP contribution is 2.26. The summed E-state index contributed by atoms with van der Waals surface area (Å²) in [7, 11) is 0. The monoisotopic (exact) mass is 288 g/mol. The second kappa shape index (κ2) is 6.91. The third-order valence-corrected chi connectivity index (χ3v) is 5.24. The Labute approximate surface area is 128 Å². The number of aliphatic hydroxyl groups is 1. The third-order valence-electron chi connectivity index (χ3n) is 5.24. The van der Waals surface area contributed by atoms with Gasteiger partial charge in [0.15, 0.2) is 0 Å². The first-order chi connectivity index (χ1) is 10.3. The van der Waals surface area contributed by atoms with Crippen LogP contribution in [0.5, 0.6) is 0 Å². The van der Waals surface area contributed by atoms with E-state index in [1.54, 1.807) is 0 Å². The molecule has 0 amide bonds. The van der Waals surface area contributed by atoms with Gasteiger partial charge in [0.2, 0.25) is 0 Å². The fourth-order valence-electron chi connectivity index (χ4n) is 3.92. The Bertz CT molecular complexity index is 437. The number of nitrogens with zero attached hydrogens (tertiary/aromatic N) is 2. The standard InChI is InChI=1S/C18H28N2O/c1-15-3-2-10-20(15)18-8-11-19(12-9-18)13-16-4-6-17(14-21)7-5-16/h4-7,15,18,21H,2-3,8-14H2,1H3. The van der Waals surface area contributed by atoms with Gasteiger partial charge in [-0.25, -0.2) is 0 Å². The molecule has 1 aromatic carbocycles. The van der Waals surface area contributed by atoms with Gasteiger partial charge in [0.05, 0.1) is 6.61 Å². The highest BCUT2D eigenvalue weighted by atomic mass is 16.3. The van der Waals surface area contributed by atoms with Gasteiger partial charge in [-0.3, -0.25) is 9.80 Å². The first kappa shape index (κ1) is 15.0. The number of likely N-dealkylation sites (tertiary alicyclic amines) is 2. The zero-order valence-electron chi connectivity index (χ0n) is 13.2. The summed E-state index contributed by atoms with van der Waals surface area (Å²) >= 11 is 0. The minimum atomic E-state index is 0.139. The van der Waals surface area contributed by atoms with Gasteiger partial charge in [-0.15, -0.1) is 0 Å². The van der Waals surface area contributed by atoms with Gasteiger partial charge in [0.25, 0.3) is 0 Å². The summed E-state index contributed by atoms with van der Waals surface area (Å²) in [4.78, 5) is 5.32. The van der Waals surface area contributed by atoms with Crippen LogP contribution in [0.4, 0.5) is 0 Å². The van der Waals surface area contributed by atoms with Crippen molar-refractivity contribution in [2.45, 2.75) is 57.8 Å². The zero-order chi connectivity index (χ0) is 14.7. The molecule has 0 aromatic heterocycles. The molecular weight excluding hydrogens is 260 g/mol. The Morgan fingerprint density at radius 3 is 2.24 bits per heavy atom. The predicted molar refractivity (Wildman–Crippen MR) is 86.1 cm³/mol. The van der Waals surface area contributed by atoms with E-state index in [0.717, 1.165) is 24.2 Å². The normalized spacial score (nSPS) is 25.5. The van der Waals surface area contributed by atoms with Crippen LogP contribution in [0.15, 0.2) is 24.3 Å². The lowest BCUT2D eigenvalue weighted by Gasteiger charge is -2.38. The molecule has 0 bridgehead atoms. The van der Waals surface area contributed by atoms with Crippen molar-refractivity contribution in [3.63, 3.8) is 0 Å². The number of aliphatic hydroxyl groups excluding tert-OH is 1. The second-order valence-electron chi connectivity index (χ2n) is 6.71. The number of hydrogen-bond acceptors (Lipinski definition) is 3. The summed E-state index contributed by atoms with van der Waals surface area (Å²) in [6, 6.07) is 9.99. The molecule has 21 heavy (non-hydrogen) atoms. The fourth-order valence-corrected chi connectivity index (χ4v) is 3.92. The molecule has 2 fully saturated rings. The summed E-state index contributed by atoms with van der Waals surface area (Å²) in [5.41, 5.74) is 2.36. The molecule has 3 nitrogen and oxygen atoms in total. The molecule has 0 aliphatic carbocycles. The summed E-state index contributed by atoms with van der Waals surface area (Å²) in [6.07, 6.45) is 5.41. The lowest BCUT2D eigenvalue weighted by molar-refractivity contribution is 0.100. The Balaban J connectivity index is 1.49. The Morgan fingerprint density at radius 1 is 1.00 bits per heavy atom. The van der Waals surface area contributed by atoms with E-state index in [1.165, 1.54) is 50.9 Å². The minimum Gasteiger partial charge on any atom is -0.392 e. The van der Waals surface area contributed by atoms with Crippen LogP contribution in [0.25, 0.3) is 0 Å². The van der Waals surface area contributed by atoms with Crippen LogP contribution in [0.3, 0.4) is 0 Å². The lowest BCUT2D eigenvalue weighted by atomic mass is 10.0. The maximum absolute atomic E-state index is 9.09. The molecule has 2 saturated heterocycles. The van der Waals surface area contributed by atoms with Crippen molar-refractivity contribution in [2.75, 3.05) is 19.6 Å². The van der Waals surface area contributed by atoms with Crippen molar-refractivity contribution >= 4 is 0 Å². The molecule has 3 heteroatoms. The molecule has 0 spiro atoms. The molecule has 2 aliphatic heterocycles. The van der Waals surface area contributed by atoms with Crippen LogP contribution in [0.1, 0.15) is 43.7 Å². The van der Waals surface area contributed by atoms with Crippen LogP contribution in [0.2, 0.25) is 0 Å². The summed E-state index contributed by atoms with van der Waals surface area (Å²) in [6.45, 7) is 7.33. The number of hydrogen-bond donors (Lipinski definition) is 1. The largest absolute Gasteiger partial charge is 0.392 e. The molecule has 0 radical (unpaired) electrons. The quantitative estimate of drug-likeness (QED) is 0.922. The molecule has 1 aromatic rings. The van der Waals surface area contributed by atoms with Crippen LogP contribution in [-0.4, -0.2) is 46.6 Å². The van der Waals surface area contributed by atoms with E-state index in [2.05, 4.69) is 28.9 Å². The van der Waals surface area contributed by atoms with Crippen LogP contribution >= 0.6 is 0 Å². The third kappa shape index (κ3) is 3.65. The van der Waals surface area contributed by atoms with E-state index in [1.807, 2.05) is 12.1 Å².